The van der Waals surface area contributed by atoms with Crippen LogP contribution in [0, 0.1) is 0 Å². The summed E-state index contributed by atoms with van der Waals surface area (Å²) in [6.07, 6.45) is 1.78. The predicted molar refractivity (Wildman–Crippen MR) is 109 cm³/mol. The lowest BCUT2D eigenvalue weighted by Crippen LogP contribution is -2.51. The van der Waals surface area contributed by atoms with Crippen LogP contribution in [0.4, 0.5) is 16.3 Å². The molecule has 1 aromatic heterocycles. The monoisotopic (exact) mass is 399 g/mol. The second-order valence-electron chi connectivity index (χ2n) is 6.89. The van der Waals surface area contributed by atoms with E-state index in [0.717, 1.165) is 24.6 Å². The number of aromatic nitrogens is 1. The van der Waals surface area contributed by atoms with E-state index in [1.165, 1.54) is 0 Å². The molecule has 1 aromatic carbocycles. The molecule has 146 valence electrons. The van der Waals surface area contributed by atoms with Crippen LogP contribution in [-0.4, -0.2) is 72.5 Å². The summed E-state index contributed by atoms with van der Waals surface area (Å²) in [5, 5.41) is 0.632. The molecule has 0 N–H and O–H groups in total. The maximum atomic E-state index is 12.7. The standard InChI is InChI=1S/C20H22ClN5O2/c21-16-4-6-17(7-5-16)26-14-13-25(20(26)28)15-19(27)24-11-9-23(10-12-24)18-3-1-2-8-22-18/h1-8H,9-15H2. The number of hydrogen-bond donors (Lipinski definition) is 0. The van der Waals surface area contributed by atoms with E-state index in [4.69, 9.17) is 11.6 Å². The molecule has 0 radical (unpaired) electrons. The van der Waals surface area contributed by atoms with E-state index in [0.29, 0.717) is 31.2 Å². The second-order valence-corrected chi connectivity index (χ2v) is 7.32. The van der Waals surface area contributed by atoms with Crippen LogP contribution in [0.25, 0.3) is 0 Å². The Kier molecular flexibility index (Phi) is 5.34. The molecule has 3 amide bonds. The van der Waals surface area contributed by atoms with Crippen LogP contribution in [0.3, 0.4) is 0 Å². The normalized spacial score (nSPS) is 17.4. The summed E-state index contributed by atoms with van der Waals surface area (Å²) in [6.45, 7) is 3.99. The second kappa shape index (κ2) is 8.06. The number of pyridine rings is 1. The first kappa shape index (κ1) is 18.6. The van der Waals surface area contributed by atoms with Crippen LogP contribution in [0.1, 0.15) is 0 Å². The lowest BCUT2D eigenvalue weighted by Gasteiger charge is -2.36. The van der Waals surface area contributed by atoms with Crippen molar-refractivity contribution in [1.29, 1.82) is 0 Å². The van der Waals surface area contributed by atoms with Gasteiger partial charge in [0.05, 0.1) is 0 Å². The minimum absolute atomic E-state index is 0.00743. The minimum Gasteiger partial charge on any atom is -0.353 e. The fraction of sp³-hybridized carbons (Fsp3) is 0.350. The third-order valence-electron chi connectivity index (χ3n) is 5.17. The SMILES string of the molecule is O=C(CN1CCN(c2ccc(Cl)cc2)C1=O)N1CCN(c2ccccn2)CC1. The van der Waals surface area contributed by atoms with Crippen LogP contribution >= 0.6 is 11.6 Å². The lowest BCUT2D eigenvalue weighted by molar-refractivity contribution is -0.131. The molecule has 0 unspecified atom stereocenters. The molecule has 0 aliphatic carbocycles. The van der Waals surface area contributed by atoms with Gasteiger partial charge in [-0.1, -0.05) is 17.7 Å². The van der Waals surface area contributed by atoms with Gasteiger partial charge in [0, 0.05) is 56.2 Å². The highest BCUT2D eigenvalue weighted by molar-refractivity contribution is 6.30. The average Bonchev–Trinajstić information content (AvgIpc) is 3.09. The molecule has 4 rings (SSSR count). The minimum atomic E-state index is -0.136. The summed E-state index contributed by atoms with van der Waals surface area (Å²) in [5.74, 6) is 0.926. The van der Waals surface area contributed by atoms with E-state index in [1.807, 2.05) is 35.2 Å². The topological polar surface area (TPSA) is 60.0 Å². The van der Waals surface area contributed by atoms with Gasteiger partial charge in [-0.25, -0.2) is 9.78 Å². The van der Waals surface area contributed by atoms with Crippen molar-refractivity contribution in [3.8, 4) is 0 Å². The van der Waals surface area contributed by atoms with Gasteiger partial charge < -0.3 is 14.7 Å². The maximum absolute atomic E-state index is 12.7. The summed E-state index contributed by atoms with van der Waals surface area (Å²) in [5.41, 5.74) is 0.799. The Morgan fingerprint density at radius 1 is 0.964 bits per heavy atom. The summed E-state index contributed by atoms with van der Waals surface area (Å²) >= 11 is 5.92. The van der Waals surface area contributed by atoms with Crippen molar-refractivity contribution in [3.05, 3.63) is 53.7 Å². The molecule has 8 heteroatoms. The molecule has 2 aromatic rings. The fourth-order valence-corrected chi connectivity index (χ4v) is 3.70. The van der Waals surface area contributed by atoms with Crippen LogP contribution in [-0.2, 0) is 4.79 Å². The summed E-state index contributed by atoms with van der Waals surface area (Å²) in [4.78, 5) is 37.0. The average molecular weight is 400 g/mol. The highest BCUT2D eigenvalue weighted by Crippen LogP contribution is 2.22. The Balaban J connectivity index is 1.31. The molecule has 2 fully saturated rings. The molecule has 28 heavy (non-hydrogen) atoms. The van der Waals surface area contributed by atoms with E-state index in [1.54, 1.807) is 28.1 Å². The number of carbonyl (C=O) groups excluding carboxylic acids is 2. The third kappa shape index (κ3) is 3.89. The number of piperazine rings is 1. The van der Waals surface area contributed by atoms with E-state index >= 15 is 0 Å². The van der Waals surface area contributed by atoms with Gasteiger partial charge in [-0.05, 0) is 36.4 Å². The third-order valence-corrected chi connectivity index (χ3v) is 5.42. The molecule has 7 nitrogen and oxygen atoms in total. The first-order valence-electron chi connectivity index (χ1n) is 9.37. The molecular weight excluding hydrogens is 378 g/mol. The van der Waals surface area contributed by atoms with Crippen molar-refractivity contribution in [1.82, 2.24) is 14.8 Å². The summed E-state index contributed by atoms with van der Waals surface area (Å²) in [6, 6.07) is 12.9. The van der Waals surface area contributed by atoms with Gasteiger partial charge >= 0.3 is 6.03 Å². The smallest absolute Gasteiger partial charge is 0.325 e. The molecule has 2 saturated heterocycles. The number of anilines is 2. The van der Waals surface area contributed by atoms with Crippen molar-refractivity contribution in [2.75, 3.05) is 55.6 Å². The van der Waals surface area contributed by atoms with Crippen molar-refractivity contribution >= 4 is 35.0 Å². The van der Waals surface area contributed by atoms with Gasteiger partial charge in [-0.3, -0.25) is 9.69 Å². The van der Waals surface area contributed by atoms with Crippen molar-refractivity contribution in [2.24, 2.45) is 0 Å². The Bertz CT molecular complexity index is 837. The molecular formula is C20H22ClN5O2. The number of amides is 3. The first-order valence-corrected chi connectivity index (χ1v) is 9.75. The van der Waals surface area contributed by atoms with Gasteiger partial charge in [0.1, 0.15) is 12.4 Å². The molecule has 0 saturated carbocycles. The van der Waals surface area contributed by atoms with Gasteiger partial charge in [-0.2, -0.15) is 0 Å². The van der Waals surface area contributed by atoms with Crippen molar-refractivity contribution in [2.45, 2.75) is 0 Å². The quantitative estimate of drug-likeness (QED) is 0.791. The predicted octanol–water partition coefficient (Wildman–Crippen LogP) is 2.33. The van der Waals surface area contributed by atoms with E-state index < -0.39 is 0 Å². The summed E-state index contributed by atoms with van der Waals surface area (Å²) < 4.78 is 0. The largest absolute Gasteiger partial charge is 0.353 e. The number of rotatable bonds is 4. The van der Waals surface area contributed by atoms with Gasteiger partial charge in [0.2, 0.25) is 5.91 Å². The van der Waals surface area contributed by atoms with E-state index in [2.05, 4.69) is 9.88 Å². The number of nitrogens with zero attached hydrogens (tertiary/aromatic N) is 5. The number of carbonyl (C=O) groups is 2. The molecule has 2 aliphatic heterocycles. The number of hydrogen-bond acceptors (Lipinski definition) is 4. The van der Waals surface area contributed by atoms with Gasteiger partial charge in [0.25, 0.3) is 0 Å². The first-order chi connectivity index (χ1) is 13.6. The van der Waals surface area contributed by atoms with Gasteiger partial charge in [0.15, 0.2) is 0 Å². The summed E-state index contributed by atoms with van der Waals surface area (Å²) in [7, 11) is 0. The van der Waals surface area contributed by atoms with Crippen LogP contribution in [0.2, 0.25) is 5.02 Å². The Morgan fingerprint density at radius 2 is 1.71 bits per heavy atom. The van der Waals surface area contributed by atoms with Gasteiger partial charge in [-0.15, -0.1) is 0 Å². The van der Waals surface area contributed by atoms with Crippen molar-refractivity contribution < 1.29 is 9.59 Å². The zero-order chi connectivity index (χ0) is 19.5. The Hall–Kier alpha value is -2.80. The maximum Gasteiger partial charge on any atom is 0.325 e. The zero-order valence-electron chi connectivity index (χ0n) is 15.5. The molecule has 3 heterocycles. The highest BCUT2D eigenvalue weighted by Gasteiger charge is 2.32. The molecule has 0 atom stereocenters. The van der Waals surface area contributed by atoms with E-state index in [-0.39, 0.29) is 18.5 Å². The number of halogens is 1. The van der Waals surface area contributed by atoms with E-state index in [9.17, 15) is 9.59 Å². The van der Waals surface area contributed by atoms with Crippen LogP contribution < -0.4 is 9.80 Å². The molecule has 0 bridgehead atoms. The Labute approximate surface area is 169 Å². The molecule has 0 spiro atoms. The molecule has 2 aliphatic rings. The van der Waals surface area contributed by atoms with Crippen LogP contribution in [0.5, 0.6) is 0 Å². The Morgan fingerprint density at radius 3 is 2.39 bits per heavy atom. The van der Waals surface area contributed by atoms with Crippen LogP contribution in [0.15, 0.2) is 48.7 Å². The number of urea groups is 1. The highest BCUT2D eigenvalue weighted by atomic mass is 35.5. The fourth-order valence-electron chi connectivity index (χ4n) is 3.58. The van der Waals surface area contributed by atoms with Crippen molar-refractivity contribution in [3.63, 3.8) is 0 Å². The zero-order valence-corrected chi connectivity index (χ0v) is 16.3. The number of benzene rings is 1. The lowest BCUT2D eigenvalue weighted by atomic mass is 10.3.